The van der Waals surface area contributed by atoms with Crippen LogP contribution in [-0.4, -0.2) is 31.2 Å². The van der Waals surface area contributed by atoms with Gasteiger partial charge in [0.15, 0.2) is 9.84 Å². The van der Waals surface area contributed by atoms with Crippen molar-refractivity contribution in [3.05, 3.63) is 35.9 Å². The van der Waals surface area contributed by atoms with Crippen molar-refractivity contribution in [2.24, 2.45) is 0 Å². The summed E-state index contributed by atoms with van der Waals surface area (Å²) in [7, 11) is -3.37. The Balaban J connectivity index is 2.80. The molecule has 100 valence electrons. The highest BCUT2D eigenvalue weighted by molar-refractivity contribution is 9.09. The zero-order valence-corrected chi connectivity index (χ0v) is 12.7. The molecule has 0 aromatic heterocycles. The molecule has 2 unspecified atom stereocenters. The van der Waals surface area contributed by atoms with E-state index in [1.165, 1.54) is 6.92 Å². The van der Waals surface area contributed by atoms with Crippen molar-refractivity contribution in [3.8, 4) is 0 Å². The number of amides is 1. The average Bonchev–Trinajstić information content (AvgIpc) is 2.34. The molecule has 0 aliphatic heterocycles. The first-order valence-corrected chi connectivity index (χ1v) is 8.54. The average molecular weight is 334 g/mol. The molecule has 6 heteroatoms. The van der Waals surface area contributed by atoms with E-state index in [0.29, 0.717) is 5.33 Å². The monoisotopic (exact) mass is 333 g/mol. The van der Waals surface area contributed by atoms with Gasteiger partial charge in [0, 0.05) is 11.6 Å². The smallest absolute Gasteiger partial charge is 0.238 e. The van der Waals surface area contributed by atoms with E-state index in [9.17, 15) is 13.2 Å². The number of halogens is 1. The minimum Gasteiger partial charge on any atom is -0.347 e. The highest BCUT2D eigenvalue weighted by Gasteiger charge is 2.25. The minimum atomic E-state index is -3.37. The van der Waals surface area contributed by atoms with Crippen molar-refractivity contribution >= 4 is 31.7 Å². The van der Waals surface area contributed by atoms with Crippen LogP contribution in [0.1, 0.15) is 18.5 Å². The fourth-order valence-electron chi connectivity index (χ4n) is 1.38. The Kier molecular flexibility index (Phi) is 5.34. The fourth-order valence-corrected chi connectivity index (χ4v) is 2.37. The van der Waals surface area contributed by atoms with Gasteiger partial charge in [0.2, 0.25) is 5.91 Å². The summed E-state index contributed by atoms with van der Waals surface area (Å²) in [6, 6.07) is 9.17. The highest BCUT2D eigenvalue weighted by Crippen LogP contribution is 2.15. The molecule has 1 aromatic carbocycles. The summed E-state index contributed by atoms with van der Waals surface area (Å²) < 4.78 is 22.6. The lowest BCUT2D eigenvalue weighted by Gasteiger charge is -2.19. The summed E-state index contributed by atoms with van der Waals surface area (Å²) >= 11 is 3.32. The van der Waals surface area contributed by atoms with E-state index in [-0.39, 0.29) is 6.04 Å². The number of alkyl halides is 1. The van der Waals surface area contributed by atoms with Gasteiger partial charge in [-0.05, 0) is 12.5 Å². The minimum absolute atomic E-state index is 0.233. The molecule has 1 aromatic rings. The van der Waals surface area contributed by atoms with Gasteiger partial charge in [-0.25, -0.2) is 8.42 Å². The molecule has 2 atom stereocenters. The van der Waals surface area contributed by atoms with Crippen molar-refractivity contribution in [2.75, 3.05) is 11.6 Å². The van der Waals surface area contributed by atoms with Gasteiger partial charge in [-0.3, -0.25) is 4.79 Å². The summed E-state index contributed by atoms with van der Waals surface area (Å²) in [4.78, 5) is 11.8. The van der Waals surface area contributed by atoms with Gasteiger partial charge in [-0.15, -0.1) is 0 Å². The molecule has 1 rings (SSSR count). The lowest BCUT2D eigenvalue weighted by molar-refractivity contribution is -0.121. The number of hydrogen-bond donors (Lipinski definition) is 1. The number of nitrogens with one attached hydrogen (secondary N) is 1. The van der Waals surface area contributed by atoms with E-state index in [1.807, 2.05) is 30.3 Å². The topological polar surface area (TPSA) is 63.2 Å². The number of carbonyl (C=O) groups excluding carboxylic acids is 1. The third-order valence-corrected chi connectivity index (χ3v) is 4.83. The maximum absolute atomic E-state index is 11.8. The Morgan fingerprint density at radius 3 is 2.33 bits per heavy atom. The van der Waals surface area contributed by atoms with Crippen molar-refractivity contribution in [3.63, 3.8) is 0 Å². The summed E-state index contributed by atoms with van der Waals surface area (Å²) in [6.45, 7) is 1.39. The van der Waals surface area contributed by atoms with Crippen LogP contribution in [0.2, 0.25) is 0 Å². The molecule has 0 aliphatic carbocycles. The second-order valence-corrected chi connectivity index (χ2v) is 7.11. The predicted octanol–water partition coefficient (Wildman–Crippen LogP) is 1.67. The SMILES string of the molecule is CC(C(=O)NC(CBr)c1ccccc1)S(C)(=O)=O. The first kappa shape index (κ1) is 15.2. The molecule has 0 aliphatic rings. The molecule has 0 spiro atoms. The van der Waals surface area contributed by atoms with Crippen LogP contribution >= 0.6 is 15.9 Å². The van der Waals surface area contributed by atoms with Crippen molar-refractivity contribution in [1.82, 2.24) is 5.32 Å². The molecule has 0 saturated carbocycles. The largest absolute Gasteiger partial charge is 0.347 e. The van der Waals surface area contributed by atoms with Gasteiger partial charge in [-0.2, -0.15) is 0 Å². The Bertz CT molecular complexity index is 501. The third-order valence-electron chi connectivity index (χ3n) is 2.68. The van der Waals surface area contributed by atoms with Gasteiger partial charge in [-0.1, -0.05) is 46.3 Å². The van der Waals surface area contributed by atoms with Gasteiger partial charge in [0.05, 0.1) is 6.04 Å². The van der Waals surface area contributed by atoms with Gasteiger partial charge in [0.1, 0.15) is 5.25 Å². The lowest BCUT2D eigenvalue weighted by Crippen LogP contribution is -2.40. The third kappa shape index (κ3) is 4.10. The van der Waals surface area contributed by atoms with E-state index in [4.69, 9.17) is 0 Å². The second-order valence-electron chi connectivity index (χ2n) is 4.10. The van der Waals surface area contributed by atoms with Crippen LogP contribution in [0.15, 0.2) is 30.3 Å². The molecule has 1 N–H and O–H groups in total. The summed E-state index contributed by atoms with van der Waals surface area (Å²) in [5.41, 5.74) is 0.934. The molecule has 0 bridgehead atoms. The fraction of sp³-hybridized carbons (Fsp3) is 0.417. The van der Waals surface area contributed by atoms with Crippen LogP contribution in [0.5, 0.6) is 0 Å². The van der Waals surface area contributed by atoms with E-state index < -0.39 is 21.0 Å². The Hall–Kier alpha value is -0.880. The van der Waals surface area contributed by atoms with E-state index in [0.717, 1.165) is 11.8 Å². The van der Waals surface area contributed by atoms with Crippen LogP contribution in [-0.2, 0) is 14.6 Å². The number of rotatable bonds is 5. The number of hydrogen-bond acceptors (Lipinski definition) is 3. The van der Waals surface area contributed by atoms with Gasteiger partial charge < -0.3 is 5.32 Å². The normalized spacial score (nSPS) is 14.8. The maximum atomic E-state index is 11.8. The molecule has 0 fully saturated rings. The molecule has 0 heterocycles. The number of benzene rings is 1. The lowest BCUT2D eigenvalue weighted by atomic mass is 10.1. The summed E-state index contributed by atoms with van der Waals surface area (Å²) in [6.07, 6.45) is 1.06. The Labute approximate surface area is 116 Å². The molecule has 1 amide bonds. The van der Waals surface area contributed by atoms with E-state index >= 15 is 0 Å². The Morgan fingerprint density at radius 2 is 1.89 bits per heavy atom. The first-order valence-electron chi connectivity index (χ1n) is 5.46. The predicted molar refractivity (Wildman–Crippen MR) is 75.4 cm³/mol. The van der Waals surface area contributed by atoms with Crippen LogP contribution in [0.25, 0.3) is 0 Å². The number of carbonyl (C=O) groups is 1. The van der Waals surface area contributed by atoms with Crippen LogP contribution in [0.4, 0.5) is 0 Å². The number of sulfone groups is 1. The summed E-state index contributed by atoms with van der Waals surface area (Å²) in [5.74, 6) is -0.481. The van der Waals surface area contributed by atoms with E-state index in [2.05, 4.69) is 21.2 Å². The summed E-state index contributed by atoms with van der Waals surface area (Å²) in [5, 5.41) is 2.21. The maximum Gasteiger partial charge on any atom is 0.238 e. The standard InChI is InChI=1S/C12H16BrNO3S/c1-9(18(2,16)17)12(15)14-11(8-13)10-6-4-3-5-7-10/h3-7,9,11H,8H2,1-2H3,(H,14,15). The molecular weight excluding hydrogens is 318 g/mol. The molecule has 18 heavy (non-hydrogen) atoms. The zero-order valence-electron chi connectivity index (χ0n) is 10.3. The molecular formula is C12H16BrNO3S. The van der Waals surface area contributed by atoms with E-state index in [1.54, 1.807) is 0 Å². The zero-order chi connectivity index (χ0) is 13.8. The van der Waals surface area contributed by atoms with Crippen molar-refractivity contribution < 1.29 is 13.2 Å². The Morgan fingerprint density at radius 1 is 1.33 bits per heavy atom. The molecule has 0 saturated heterocycles. The quantitative estimate of drug-likeness (QED) is 0.833. The molecule has 4 nitrogen and oxygen atoms in total. The first-order chi connectivity index (χ1) is 8.36. The van der Waals surface area contributed by atoms with Crippen LogP contribution < -0.4 is 5.32 Å². The second kappa shape index (κ2) is 6.33. The van der Waals surface area contributed by atoms with Crippen LogP contribution in [0.3, 0.4) is 0 Å². The highest BCUT2D eigenvalue weighted by atomic mass is 79.9. The molecule has 0 radical (unpaired) electrons. The van der Waals surface area contributed by atoms with Gasteiger partial charge in [0.25, 0.3) is 0 Å². The van der Waals surface area contributed by atoms with Crippen molar-refractivity contribution in [2.45, 2.75) is 18.2 Å². The van der Waals surface area contributed by atoms with Crippen LogP contribution in [0, 0.1) is 0 Å². The van der Waals surface area contributed by atoms with Crippen molar-refractivity contribution in [1.29, 1.82) is 0 Å². The van der Waals surface area contributed by atoms with Gasteiger partial charge >= 0.3 is 0 Å².